The lowest BCUT2D eigenvalue weighted by atomic mass is 10.1. The van der Waals surface area contributed by atoms with Crippen molar-refractivity contribution in [3.63, 3.8) is 0 Å². The van der Waals surface area contributed by atoms with Crippen LogP contribution in [-0.2, 0) is 6.42 Å². The lowest BCUT2D eigenvalue weighted by Crippen LogP contribution is -2.15. The maximum absolute atomic E-state index is 11.7. The predicted molar refractivity (Wildman–Crippen MR) is 58.2 cm³/mol. The van der Waals surface area contributed by atoms with Crippen molar-refractivity contribution < 1.29 is 14.3 Å². The third kappa shape index (κ3) is 1.35. The summed E-state index contributed by atoms with van der Waals surface area (Å²) < 4.78 is 10.9. The van der Waals surface area contributed by atoms with E-state index >= 15 is 0 Å². The molecule has 1 unspecified atom stereocenters. The molecule has 0 amide bonds. The molecule has 1 aliphatic carbocycles. The van der Waals surface area contributed by atoms with Crippen molar-refractivity contribution >= 4 is 21.7 Å². The summed E-state index contributed by atoms with van der Waals surface area (Å²) in [6.07, 6.45) is 0.741. The van der Waals surface area contributed by atoms with Gasteiger partial charge in [0.2, 0.25) is 0 Å². The molecule has 3 rings (SSSR count). The predicted octanol–water partition coefficient (Wildman–Crippen LogP) is 1.96. The molecule has 3 nitrogen and oxygen atoms in total. The highest BCUT2D eigenvalue weighted by molar-refractivity contribution is 9.10. The smallest absolute Gasteiger partial charge is 0.177 e. The number of Topliss-reactive ketones (excluding diaryl/α,β-unsaturated/α-hetero) is 1. The number of fused-ring (bicyclic) bond motifs is 2. The average Bonchev–Trinajstić information content (AvgIpc) is 2.52. The largest absolute Gasteiger partial charge is 0.486 e. The van der Waals surface area contributed by atoms with E-state index in [-0.39, 0.29) is 10.6 Å². The van der Waals surface area contributed by atoms with Crippen molar-refractivity contribution in [1.29, 1.82) is 0 Å². The molecule has 0 radical (unpaired) electrons. The molecular weight excluding hydrogens is 260 g/mol. The summed E-state index contributed by atoms with van der Waals surface area (Å²) in [7, 11) is 0. The van der Waals surface area contributed by atoms with Crippen molar-refractivity contribution in [2.75, 3.05) is 13.2 Å². The fraction of sp³-hybridized carbons (Fsp3) is 0.364. The second-order valence-electron chi connectivity index (χ2n) is 3.69. The summed E-state index contributed by atoms with van der Waals surface area (Å²) in [6.45, 7) is 1.13. The zero-order valence-electron chi connectivity index (χ0n) is 7.96. The van der Waals surface area contributed by atoms with Crippen LogP contribution < -0.4 is 9.47 Å². The Morgan fingerprint density at radius 1 is 1.20 bits per heavy atom. The molecule has 1 aromatic rings. The number of ether oxygens (including phenoxy) is 2. The highest BCUT2D eigenvalue weighted by Gasteiger charge is 2.30. The monoisotopic (exact) mass is 268 g/mol. The van der Waals surface area contributed by atoms with Crippen LogP contribution in [0.4, 0.5) is 0 Å². The quantitative estimate of drug-likeness (QED) is 0.675. The Hall–Kier alpha value is -1.03. The number of benzene rings is 1. The van der Waals surface area contributed by atoms with Crippen molar-refractivity contribution in [3.05, 3.63) is 23.3 Å². The Bertz CT molecular complexity index is 442. The number of hydrogen-bond donors (Lipinski definition) is 0. The maximum atomic E-state index is 11.7. The van der Waals surface area contributed by atoms with Crippen molar-refractivity contribution in [3.8, 4) is 11.5 Å². The molecule has 0 bridgehead atoms. The van der Waals surface area contributed by atoms with Crippen LogP contribution in [0.1, 0.15) is 15.9 Å². The van der Waals surface area contributed by atoms with E-state index in [0.717, 1.165) is 23.3 Å². The highest BCUT2D eigenvalue weighted by Crippen LogP contribution is 2.38. The van der Waals surface area contributed by atoms with Crippen LogP contribution in [0.2, 0.25) is 0 Å². The number of carbonyl (C=O) groups is 1. The molecule has 1 aliphatic heterocycles. The molecule has 0 N–H and O–H groups in total. The van der Waals surface area contributed by atoms with E-state index < -0.39 is 0 Å². The van der Waals surface area contributed by atoms with Gasteiger partial charge in [-0.1, -0.05) is 15.9 Å². The van der Waals surface area contributed by atoms with Gasteiger partial charge in [-0.15, -0.1) is 0 Å². The summed E-state index contributed by atoms with van der Waals surface area (Å²) in [6, 6.07) is 3.72. The van der Waals surface area contributed by atoms with E-state index in [9.17, 15) is 4.79 Å². The molecule has 0 spiro atoms. The first-order chi connectivity index (χ1) is 7.25. The molecule has 0 saturated heterocycles. The van der Waals surface area contributed by atoms with Gasteiger partial charge in [-0.25, -0.2) is 0 Å². The second kappa shape index (κ2) is 3.23. The van der Waals surface area contributed by atoms with Crippen LogP contribution in [0, 0.1) is 0 Å². The Balaban J connectivity index is 2.12. The topological polar surface area (TPSA) is 35.5 Å². The summed E-state index contributed by atoms with van der Waals surface area (Å²) >= 11 is 3.36. The molecule has 2 aliphatic rings. The zero-order valence-corrected chi connectivity index (χ0v) is 9.54. The fourth-order valence-corrected chi connectivity index (χ4v) is 2.58. The fourth-order valence-electron chi connectivity index (χ4n) is 1.98. The first kappa shape index (κ1) is 9.21. The molecule has 78 valence electrons. The van der Waals surface area contributed by atoms with Crippen LogP contribution in [0.3, 0.4) is 0 Å². The molecule has 1 aromatic carbocycles. The van der Waals surface area contributed by atoms with Gasteiger partial charge in [-0.3, -0.25) is 4.79 Å². The van der Waals surface area contributed by atoms with Crippen molar-refractivity contribution in [2.24, 2.45) is 0 Å². The van der Waals surface area contributed by atoms with E-state index in [4.69, 9.17) is 9.47 Å². The molecule has 15 heavy (non-hydrogen) atoms. The van der Waals surface area contributed by atoms with Gasteiger partial charge < -0.3 is 9.47 Å². The molecule has 1 heterocycles. The van der Waals surface area contributed by atoms with E-state index in [2.05, 4.69) is 15.9 Å². The van der Waals surface area contributed by atoms with Crippen LogP contribution in [0.5, 0.6) is 11.5 Å². The third-order valence-electron chi connectivity index (χ3n) is 2.72. The lowest BCUT2D eigenvalue weighted by molar-refractivity contribution is 0.100. The van der Waals surface area contributed by atoms with Crippen molar-refractivity contribution in [2.45, 2.75) is 11.2 Å². The zero-order chi connectivity index (χ0) is 10.4. The van der Waals surface area contributed by atoms with Gasteiger partial charge in [-0.05, 0) is 24.1 Å². The number of carbonyl (C=O) groups excluding carboxylic acids is 1. The summed E-state index contributed by atoms with van der Waals surface area (Å²) in [5.74, 6) is 1.59. The van der Waals surface area contributed by atoms with Gasteiger partial charge >= 0.3 is 0 Å². The van der Waals surface area contributed by atoms with Crippen LogP contribution in [0.15, 0.2) is 12.1 Å². The van der Waals surface area contributed by atoms with Crippen LogP contribution in [-0.4, -0.2) is 23.8 Å². The Morgan fingerprint density at radius 3 is 2.60 bits per heavy atom. The summed E-state index contributed by atoms with van der Waals surface area (Å²) in [5, 5.41) is 0. The number of hydrogen-bond acceptors (Lipinski definition) is 3. The molecule has 4 heteroatoms. The number of ketones is 1. The van der Waals surface area contributed by atoms with Crippen LogP contribution >= 0.6 is 15.9 Å². The highest BCUT2D eigenvalue weighted by atomic mass is 79.9. The third-order valence-corrected chi connectivity index (χ3v) is 3.46. The molecule has 0 saturated carbocycles. The van der Waals surface area contributed by atoms with Gasteiger partial charge in [0.05, 0.1) is 4.83 Å². The molecule has 0 fully saturated rings. The number of alkyl halides is 1. The lowest BCUT2D eigenvalue weighted by Gasteiger charge is -2.19. The van der Waals surface area contributed by atoms with Gasteiger partial charge in [0.25, 0.3) is 0 Å². The summed E-state index contributed by atoms with van der Waals surface area (Å²) in [4.78, 5) is 11.7. The second-order valence-corrected chi connectivity index (χ2v) is 4.79. The van der Waals surface area contributed by atoms with E-state index in [0.29, 0.717) is 19.0 Å². The number of halogens is 1. The van der Waals surface area contributed by atoms with Crippen molar-refractivity contribution in [1.82, 2.24) is 0 Å². The van der Waals surface area contributed by atoms with Gasteiger partial charge in [0.15, 0.2) is 17.3 Å². The first-order valence-electron chi connectivity index (χ1n) is 4.86. The molecule has 1 atom stereocenters. The molecule has 0 aromatic heterocycles. The minimum absolute atomic E-state index is 0.0867. The van der Waals surface area contributed by atoms with Crippen LogP contribution in [0.25, 0.3) is 0 Å². The SMILES string of the molecule is O=C1c2cc3c(cc2CC1Br)OCCO3. The maximum Gasteiger partial charge on any atom is 0.177 e. The average molecular weight is 269 g/mol. The van der Waals surface area contributed by atoms with Gasteiger partial charge in [-0.2, -0.15) is 0 Å². The number of rotatable bonds is 0. The Labute approximate surface area is 95.5 Å². The Morgan fingerprint density at radius 2 is 1.87 bits per heavy atom. The summed E-state index contributed by atoms with van der Waals surface area (Å²) in [5.41, 5.74) is 1.81. The first-order valence-corrected chi connectivity index (χ1v) is 5.78. The minimum Gasteiger partial charge on any atom is -0.486 e. The normalized spacial score (nSPS) is 22.7. The van der Waals surface area contributed by atoms with Gasteiger partial charge in [0, 0.05) is 5.56 Å². The molecular formula is C11H9BrO3. The van der Waals surface area contributed by atoms with E-state index in [1.807, 2.05) is 6.07 Å². The Kier molecular flexibility index (Phi) is 1.99. The van der Waals surface area contributed by atoms with Gasteiger partial charge in [0.1, 0.15) is 13.2 Å². The van der Waals surface area contributed by atoms with E-state index in [1.165, 1.54) is 0 Å². The minimum atomic E-state index is -0.0867. The van der Waals surface area contributed by atoms with E-state index in [1.54, 1.807) is 6.07 Å². The standard InChI is InChI=1S/C11H9BrO3/c12-8-3-6-4-9-10(15-2-1-14-9)5-7(6)11(8)13/h4-5,8H,1-3H2.